The Morgan fingerprint density at radius 3 is 2.24 bits per heavy atom. The van der Waals surface area contributed by atoms with Gasteiger partial charge in [-0.05, 0) is 117 Å². The van der Waals surface area contributed by atoms with Crippen molar-refractivity contribution in [2.24, 2.45) is 56.7 Å². The maximum absolute atomic E-state index is 13.5. The zero-order valence-electron chi connectivity index (χ0n) is 22.2. The van der Waals surface area contributed by atoms with E-state index in [1.54, 1.807) is 0 Å². The Kier molecular flexibility index (Phi) is 5.52. The van der Waals surface area contributed by atoms with E-state index in [1.807, 2.05) is 0 Å². The zero-order chi connectivity index (χ0) is 24.9. The Hall–Kier alpha value is -0.870. The number of rotatable bonds is 3. The van der Waals surface area contributed by atoms with Crippen LogP contribution in [0, 0.1) is 56.7 Å². The van der Waals surface area contributed by atoms with Gasteiger partial charge in [-0.25, -0.2) is 0 Å². The summed E-state index contributed by atoms with van der Waals surface area (Å²) in [5, 5.41) is 32.5. The van der Waals surface area contributed by atoms with E-state index in [1.165, 1.54) is 12.0 Å². The van der Waals surface area contributed by atoms with Gasteiger partial charge in [0.05, 0.1) is 18.1 Å². The Morgan fingerprint density at radius 1 is 0.912 bits per heavy atom. The van der Waals surface area contributed by atoms with Crippen molar-refractivity contribution in [3.63, 3.8) is 0 Å². The smallest absolute Gasteiger partial charge is 0.310 e. The van der Waals surface area contributed by atoms with Crippen molar-refractivity contribution in [2.75, 3.05) is 6.61 Å². The van der Waals surface area contributed by atoms with Gasteiger partial charge in [-0.1, -0.05) is 39.8 Å². The third-order valence-electron chi connectivity index (χ3n) is 13.4. The molecule has 0 radical (unpaired) electrons. The van der Waals surface area contributed by atoms with Gasteiger partial charge in [-0.2, -0.15) is 0 Å². The van der Waals surface area contributed by atoms with Gasteiger partial charge >= 0.3 is 5.97 Å². The van der Waals surface area contributed by atoms with Gasteiger partial charge in [0, 0.05) is 5.41 Å². The van der Waals surface area contributed by atoms with Gasteiger partial charge in [0.15, 0.2) is 0 Å². The van der Waals surface area contributed by atoms with E-state index in [4.69, 9.17) is 0 Å². The molecule has 0 heterocycles. The number of hydrogen-bond acceptors (Lipinski definition) is 3. The normalized spacial score (nSPS) is 56.6. The van der Waals surface area contributed by atoms with Crippen LogP contribution in [0.5, 0.6) is 0 Å². The molecule has 5 fully saturated rings. The highest BCUT2D eigenvalue weighted by Gasteiger charge is 2.74. The number of carboxylic acids is 1. The van der Waals surface area contributed by atoms with Gasteiger partial charge in [0.2, 0.25) is 0 Å². The molecule has 4 heteroatoms. The molecule has 0 amide bonds. The zero-order valence-corrected chi connectivity index (χ0v) is 22.2. The number of fused-ring (bicyclic) bond motifs is 7. The molecule has 0 spiro atoms. The van der Waals surface area contributed by atoms with Crippen LogP contribution in [0.15, 0.2) is 12.2 Å². The van der Waals surface area contributed by atoms with Crippen molar-refractivity contribution in [1.82, 2.24) is 0 Å². The first-order valence-electron chi connectivity index (χ1n) is 14.0. The molecule has 0 aromatic carbocycles. The maximum Gasteiger partial charge on any atom is 0.310 e. The first kappa shape index (κ1) is 24.8. The Balaban J connectivity index is 1.61. The second kappa shape index (κ2) is 7.57. The van der Waals surface area contributed by atoms with Crippen molar-refractivity contribution in [2.45, 2.75) is 105 Å². The molecule has 4 nitrogen and oxygen atoms in total. The molecule has 0 bridgehead atoms. The lowest BCUT2D eigenvalue weighted by Gasteiger charge is -2.72. The van der Waals surface area contributed by atoms with Gasteiger partial charge in [0.25, 0.3) is 0 Å². The van der Waals surface area contributed by atoms with Gasteiger partial charge < -0.3 is 15.3 Å². The SMILES string of the molecule is C=C(C)[C@@H]1CC[C@]2(C)CC[C@]3(C(=O)O)[C@H](CC[C@@H]4[C@@]5(C)CC[C@H](O)[C@@](C)(CO)[C@H]5CC[C@]43C)[C@@H]12. The molecule has 5 aliphatic carbocycles. The number of carbonyl (C=O) groups is 1. The minimum Gasteiger partial charge on any atom is -0.481 e. The Bertz CT molecular complexity index is 883. The fraction of sp³-hybridized carbons (Fsp3) is 0.900. The number of aliphatic hydroxyl groups excluding tert-OH is 2. The van der Waals surface area contributed by atoms with Crippen LogP contribution >= 0.6 is 0 Å². The largest absolute Gasteiger partial charge is 0.481 e. The minimum absolute atomic E-state index is 0.00523. The van der Waals surface area contributed by atoms with Crippen LogP contribution in [0.25, 0.3) is 0 Å². The molecule has 3 N–H and O–H groups in total. The molecular formula is C30H48O4. The van der Waals surface area contributed by atoms with Crippen LogP contribution in [-0.2, 0) is 4.79 Å². The highest BCUT2D eigenvalue weighted by Crippen LogP contribution is 2.77. The number of allylic oxidation sites excluding steroid dienone is 1. The molecule has 0 aromatic heterocycles. The van der Waals surface area contributed by atoms with Crippen LogP contribution in [0.3, 0.4) is 0 Å². The highest BCUT2D eigenvalue weighted by atomic mass is 16.4. The molecule has 11 atom stereocenters. The first-order valence-corrected chi connectivity index (χ1v) is 14.0. The standard InChI is InChI=1S/C30H48O4/c1-18(2)19-9-12-26(3)15-16-30(25(33)34)20(24(19)26)7-8-22-27(4)13-11-23(32)28(5,17-31)21(27)10-14-29(22,30)6/h19-24,31-32H,1,7-17H2,2-6H3,(H,33,34)/t19-,20+,21-,22+,23-,24+,26+,27-,28-,29+,30+/m0/s1. The number of hydrogen-bond donors (Lipinski definition) is 3. The van der Waals surface area contributed by atoms with Crippen LogP contribution < -0.4 is 0 Å². The fourth-order valence-corrected chi connectivity index (χ4v) is 11.7. The first-order chi connectivity index (χ1) is 15.8. The minimum atomic E-state index is -0.683. The molecule has 192 valence electrons. The topological polar surface area (TPSA) is 77.8 Å². The monoisotopic (exact) mass is 472 g/mol. The Labute approximate surface area is 206 Å². The molecule has 0 saturated heterocycles. The summed E-state index contributed by atoms with van der Waals surface area (Å²) in [4.78, 5) is 13.5. The summed E-state index contributed by atoms with van der Waals surface area (Å²) in [5.74, 6) is 1.09. The highest BCUT2D eigenvalue weighted by molar-refractivity contribution is 5.77. The van der Waals surface area contributed by atoms with Gasteiger partial charge in [-0.3, -0.25) is 4.79 Å². The summed E-state index contributed by atoms with van der Waals surface area (Å²) < 4.78 is 0. The predicted octanol–water partition coefficient (Wildman–Crippen LogP) is 6.06. The molecule has 5 rings (SSSR count). The van der Waals surface area contributed by atoms with E-state index in [-0.39, 0.29) is 34.7 Å². The van der Waals surface area contributed by atoms with Crippen LogP contribution in [0.4, 0.5) is 0 Å². The third-order valence-corrected chi connectivity index (χ3v) is 13.4. The quantitative estimate of drug-likeness (QED) is 0.436. The van der Waals surface area contributed by atoms with Crippen molar-refractivity contribution in [1.29, 1.82) is 0 Å². The average molecular weight is 473 g/mol. The molecule has 0 aromatic rings. The maximum atomic E-state index is 13.5. The van der Waals surface area contributed by atoms with Crippen LogP contribution in [-0.4, -0.2) is 34.0 Å². The number of carboxylic acid groups (broad SMARTS) is 1. The molecular weight excluding hydrogens is 424 g/mol. The van der Waals surface area contributed by atoms with Gasteiger partial charge in [-0.15, -0.1) is 0 Å². The van der Waals surface area contributed by atoms with Gasteiger partial charge in [0.1, 0.15) is 0 Å². The summed E-state index contributed by atoms with van der Waals surface area (Å²) in [6.45, 7) is 15.8. The van der Waals surface area contributed by atoms with E-state index < -0.39 is 22.9 Å². The summed E-state index contributed by atoms with van der Waals surface area (Å²) >= 11 is 0. The van der Waals surface area contributed by atoms with E-state index in [0.717, 1.165) is 51.4 Å². The number of aliphatic hydroxyl groups is 2. The second-order valence-electron chi connectivity index (χ2n) is 14.4. The summed E-state index contributed by atoms with van der Waals surface area (Å²) in [6.07, 6.45) is 9.22. The average Bonchev–Trinajstić information content (AvgIpc) is 3.14. The van der Waals surface area contributed by atoms with Crippen molar-refractivity contribution >= 4 is 5.97 Å². The predicted molar refractivity (Wildman–Crippen MR) is 134 cm³/mol. The molecule has 0 unspecified atom stereocenters. The molecule has 5 saturated carbocycles. The lowest BCUT2D eigenvalue weighted by molar-refractivity contribution is -0.258. The number of aliphatic carboxylic acids is 1. The summed E-state index contributed by atoms with van der Waals surface area (Å²) in [5.41, 5.74) is 0.0113. The second-order valence-corrected chi connectivity index (χ2v) is 14.4. The van der Waals surface area contributed by atoms with Crippen LogP contribution in [0.1, 0.15) is 98.8 Å². The lowest BCUT2D eigenvalue weighted by Crippen LogP contribution is -2.69. The molecule has 5 aliphatic rings. The fourth-order valence-electron chi connectivity index (χ4n) is 11.7. The Morgan fingerprint density at radius 2 is 1.62 bits per heavy atom. The van der Waals surface area contributed by atoms with Crippen LogP contribution in [0.2, 0.25) is 0 Å². The van der Waals surface area contributed by atoms with Crippen molar-refractivity contribution in [3.05, 3.63) is 12.2 Å². The summed E-state index contributed by atoms with van der Waals surface area (Å²) in [7, 11) is 0. The van der Waals surface area contributed by atoms with E-state index in [9.17, 15) is 20.1 Å². The lowest BCUT2D eigenvalue weighted by atomic mass is 9.32. The molecule has 0 aliphatic heterocycles. The van der Waals surface area contributed by atoms with E-state index in [2.05, 4.69) is 41.2 Å². The van der Waals surface area contributed by atoms with E-state index in [0.29, 0.717) is 24.2 Å². The van der Waals surface area contributed by atoms with E-state index >= 15 is 0 Å². The molecule has 34 heavy (non-hydrogen) atoms. The third kappa shape index (κ3) is 2.76. The van der Waals surface area contributed by atoms with Crippen molar-refractivity contribution in [3.8, 4) is 0 Å². The van der Waals surface area contributed by atoms with Crippen molar-refractivity contribution < 1.29 is 20.1 Å². The summed E-state index contributed by atoms with van der Waals surface area (Å²) in [6, 6.07) is 0.